The lowest BCUT2D eigenvalue weighted by atomic mass is 10.0. The van der Waals surface area contributed by atoms with Crippen LogP contribution in [0.1, 0.15) is 19.3 Å². The van der Waals surface area contributed by atoms with Gasteiger partial charge in [0.15, 0.2) is 0 Å². The Morgan fingerprint density at radius 2 is 2.23 bits per heavy atom. The minimum atomic E-state index is -0.755. The van der Waals surface area contributed by atoms with Gasteiger partial charge in [-0.25, -0.2) is 0 Å². The van der Waals surface area contributed by atoms with Crippen LogP contribution >= 0.6 is 0 Å². The second-order valence-corrected chi connectivity index (χ2v) is 3.75. The Morgan fingerprint density at radius 1 is 1.38 bits per heavy atom. The van der Waals surface area contributed by atoms with E-state index in [1.807, 2.05) is 0 Å². The van der Waals surface area contributed by atoms with E-state index < -0.39 is 6.10 Å². The van der Waals surface area contributed by atoms with Gasteiger partial charge in [0.05, 0.1) is 24.9 Å². The molecule has 0 aromatic heterocycles. The number of aliphatic hydroxyl groups excluding tert-OH is 2. The normalized spacial score (nSPS) is 41.5. The summed E-state index contributed by atoms with van der Waals surface area (Å²) in [5.41, 5.74) is 0. The maximum atomic E-state index is 9.37. The van der Waals surface area contributed by atoms with Crippen molar-refractivity contribution in [1.82, 2.24) is 0 Å². The quantitative estimate of drug-likeness (QED) is 0.623. The number of ether oxygens (including phenoxy) is 2. The van der Waals surface area contributed by atoms with Crippen molar-refractivity contribution in [3.05, 3.63) is 0 Å². The molecule has 0 bridgehead atoms. The minimum absolute atomic E-state index is 0.139. The Bertz CT molecular complexity index is 159. The third kappa shape index (κ3) is 1.86. The lowest BCUT2D eigenvalue weighted by Gasteiger charge is -2.23. The van der Waals surface area contributed by atoms with Gasteiger partial charge in [-0.1, -0.05) is 0 Å². The molecule has 0 aromatic carbocycles. The first-order valence-corrected chi connectivity index (χ1v) is 4.87. The van der Waals surface area contributed by atoms with E-state index in [1.54, 1.807) is 0 Å². The molecule has 13 heavy (non-hydrogen) atoms. The average molecular weight is 188 g/mol. The molecule has 0 aliphatic carbocycles. The van der Waals surface area contributed by atoms with Crippen LogP contribution in [0, 0.1) is 0 Å². The van der Waals surface area contributed by atoms with Gasteiger partial charge >= 0.3 is 0 Å². The SMILES string of the molecule is OC[C@H](O)[C@H]1C[C@H]2OCCC[C@H]2O1. The van der Waals surface area contributed by atoms with E-state index in [0.29, 0.717) is 6.42 Å². The highest BCUT2D eigenvalue weighted by Gasteiger charge is 2.40. The number of fused-ring (bicyclic) bond motifs is 1. The molecule has 4 heteroatoms. The fourth-order valence-electron chi connectivity index (χ4n) is 2.06. The highest BCUT2D eigenvalue weighted by Crippen LogP contribution is 2.31. The number of hydrogen-bond donors (Lipinski definition) is 2. The Morgan fingerprint density at radius 3 is 2.92 bits per heavy atom. The Hall–Kier alpha value is -0.160. The van der Waals surface area contributed by atoms with Crippen LogP contribution in [0.2, 0.25) is 0 Å². The van der Waals surface area contributed by atoms with Crippen LogP contribution in [0.25, 0.3) is 0 Å². The monoisotopic (exact) mass is 188 g/mol. The van der Waals surface area contributed by atoms with Gasteiger partial charge in [-0.15, -0.1) is 0 Å². The number of hydrogen-bond acceptors (Lipinski definition) is 4. The van der Waals surface area contributed by atoms with Crippen LogP contribution in [-0.4, -0.2) is 47.8 Å². The van der Waals surface area contributed by atoms with Crippen molar-refractivity contribution in [3.63, 3.8) is 0 Å². The van der Waals surface area contributed by atoms with Gasteiger partial charge < -0.3 is 19.7 Å². The minimum Gasteiger partial charge on any atom is -0.394 e. The number of aliphatic hydroxyl groups is 2. The van der Waals surface area contributed by atoms with Gasteiger partial charge in [-0.05, 0) is 12.8 Å². The maximum Gasteiger partial charge on any atom is 0.103 e. The fraction of sp³-hybridized carbons (Fsp3) is 1.00. The van der Waals surface area contributed by atoms with Crippen molar-refractivity contribution >= 4 is 0 Å². The smallest absolute Gasteiger partial charge is 0.103 e. The predicted molar refractivity (Wildman–Crippen MR) is 45.3 cm³/mol. The third-order valence-corrected chi connectivity index (χ3v) is 2.81. The van der Waals surface area contributed by atoms with Crippen molar-refractivity contribution in [2.45, 2.75) is 43.7 Å². The molecule has 0 unspecified atom stereocenters. The lowest BCUT2D eigenvalue weighted by molar-refractivity contribution is -0.0844. The van der Waals surface area contributed by atoms with Crippen molar-refractivity contribution in [3.8, 4) is 0 Å². The zero-order chi connectivity index (χ0) is 9.26. The second kappa shape index (κ2) is 3.92. The maximum absolute atomic E-state index is 9.37. The molecule has 2 saturated heterocycles. The zero-order valence-corrected chi connectivity index (χ0v) is 7.56. The molecule has 2 rings (SSSR count). The summed E-state index contributed by atoms with van der Waals surface area (Å²) in [6.45, 7) is 0.566. The third-order valence-electron chi connectivity index (χ3n) is 2.81. The standard InChI is InChI=1S/C9H16O4/c10-5-6(11)8-4-9-7(13-8)2-1-3-12-9/h6-11H,1-5H2/t6-,7+,8+,9+/m0/s1. The van der Waals surface area contributed by atoms with Crippen LogP contribution in [0.15, 0.2) is 0 Å². The summed E-state index contributed by atoms with van der Waals surface area (Å²) in [6.07, 6.45) is 2.04. The molecular formula is C9H16O4. The molecule has 2 fully saturated rings. The fourth-order valence-corrected chi connectivity index (χ4v) is 2.06. The molecule has 4 atom stereocenters. The van der Waals surface area contributed by atoms with E-state index >= 15 is 0 Å². The zero-order valence-electron chi connectivity index (χ0n) is 7.56. The Labute approximate surface area is 77.5 Å². The summed E-state index contributed by atoms with van der Waals surface area (Å²) in [7, 11) is 0. The van der Waals surface area contributed by atoms with E-state index in [9.17, 15) is 5.11 Å². The number of rotatable bonds is 2. The van der Waals surface area contributed by atoms with Gasteiger partial charge in [0.25, 0.3) is 0 Å². The van der Waals surface area contributed by atoms with Crippen LogP contribution in [0.4, 0.5) is 0 Å². The molecule has 2 aliphatic heterocycles. The van der Waals surface area contributed by atoms with Crippen LogP contribution in [-0.2, 0) is 9.47 Å². The van der Waals surface area contributed by atoms with E-state index in [2.05, 4.69) is 0 Å². The molecule has 0 aromatic rings. The van der Waals surface area contributed by atoms with Crippen LogP contribution in [0.5, 0.6) is 0 Å². The van der Waals surface area contributed by atoms with E-state index in [-0.39, 0.29) is 24.9 Å². The van der Waals surface area contributed by atoms with Crippen molar-refractivity contribution < 1.29 is 19.7 Å². The second-order valence-electron chi connectivity index (χ2n) is 3.75. The van der Waals surface area contributed by atoms with Crippen molar-refractivity contribution in [1.29, 1.82) is 0 Å². The lowest BCUT2D eigenvalue weighted by Crippen LogP contribution is -2.30. The molecule has 0 spiro atoms. The molecule has 2 aliphatic rings. The Balaban J connectivity index is 1.91. The summed E-state index contributed by atoms with van der Waals surface area (Å²) < 4.78 is 11.1. The average Bonchev–Trinajstić information content (AvgIpc) is 2.59. The van der Waals surface area contributed by atoms with E-state index in [4.69, 9.17) is 14.6 Å². The largest absolute Gasteiger partial charge is 0.394 e. The molecule has 0 radical (unpaired) electrons. The van der Waals surface area contributed by atoms with Crippen LogP contribution < -0.4 is 0 Å². The molecule has 4 nitrogen and oxygen atoms in total. The van der Waals surface area contributed by atoms with Crippen molar-refractivity contribution in [2.75, 3.05) is 13.2 Å². The van der Waals surface area contributed by atoms with Gasteiger partial charge in [0.1, 0.15) is 6.10 Å². The first kappa shape index (κ1) is 9.40. The molecule has 0 saturated carbocycles. The van der Waals surface area contributed by atoms with E-state index in [1.165, 1.54) is 0 Å². The first-order valence-electron chi connectivity index (χ1n) is 4.87. The summed E-state index contributed by atoms with van der Waals surface area (Å²) in [6, 6.07) is 0. The first-order chi connectivity index (χ1) is 6.31. The predicted octanol–water partition coefficient (Wildman–Crippen LogP) is -0.324. The van der Waals surface area contributed by atoms with Gasteiger partial charge in [-0.3, -0.25) is 0 Å². The Kier molecular flexibility index (Phi) is 2.83. The highest BCUT2D eigenvalue weighted by atomic mass is 16.6. The molecule has 2 heterocycles. The summed E-state index contributed by atoms with van der Waals surface area (Å²) in [5.74, 6) is 0. The topological polar surface area (TPSA) is 58.9 Å². The van der Waals surface area contributed by atoms with E-state index in [0.717, 1.165) is 19.4 Å². The summed E-state index contributed by atoms with van der Waals surface area (Å²) in [5, 5.41) is 18.1. The molecular weight excluding hydrogens is 172 g/mol. The van der Waals surface area contributed by atoms with Gasteiger partial charge in [-0.2, -0.15) is 0 Å². The van der Waals surface area contributed by atoms with Gasteiger partial charge in [0.2, 0.25) is 0 Å². The molecule has 0 amide bonds. The van der Waals surface area contributed by atoms with Gasteiger partial charge in [0, 0.05) is 13.0 Å². The molecule has 76 valence electrons. The molecule has 2 N–H and O–H groups in total. The highest BCUT2D eigenvalue weighted by molar-refractivity contribution is 4.88. The summed E-state index contributed by atoms with van der Waals surface area (Å²) >= 11 is 0. The summed E-state index contributed by atoms with van der Waals surface area (Å²) in [4.78, 5) is 0. The van der Waals surface area contributed by atoms with Crippen molar-refractivity contribution in [2.24, 2.45) is 0 Å². The van der Waals surface area contributed by atoms with Crippen LogP contribution in [0.3, 0.4) is 0 Å².